The molecule has 4 aromatic carbocycles. The van der Waals surface area contributed by atoms with Crippen LogP contribution in [0.5, 0.6) is 0 Å². The van der Waals surface area contributed by atoms with E-state index in [9.17, 15) is 19.2 Å². The van der Waals surface area contributed by atoms with Crippen LogP contribution in [0, 0.1) is 11.8 Å². The number of halogens is 1. The largest absolute Gasteiger partial charge is 0.292 e. The molecule has 7 heteroatoms. The molecule has 1 fully saturated rings. The lowest BCUT2D eigenvalue weighted by atomic mass is 9.55. The van der Waals surface area contributed by atoms with Gasteiger partial charge in [0.2, 0.25) is 0 Å². The van der Waals surface area contributed by atoms with Crippen LogP contribution in [0.1, 0.15) is 54.8 Å². The Labute approximate surface area is 235 Å². The Kier molecular flexibility index (Phi) is 5.68. The molecule has 0 spiro atoms. The second kappa shape index (κ2) is 9.28. The van der Waals surface area contributed by atoms with Gasteiger partial charge < -0.3 is 0 Å². The zero-order chi connectivity index (χ0) is 27.5. The van der Waals surface area contributed by atoms with Gasteiger partial charge in [-0.25, -0.2) is 5.01 Å². The number of hydrogen-bond donors (Lipinski definition) is 0. The maximum absolute atomic E-state index is 14.3. The van der Waals surface area contributed by atoms with E-state index in [2.05, 4.69) is 0 Å². The fraction of sp³-hybridized carbons (Fsp3) is 0.152. The molecule has 2 atom stereocenters. The number of nitrogens with zero attached hydrogens (tertiary/aromatic N) is 2. The van der Waals surface area contributed by atoms with E-state index in [0.29, 0.717) is 5.56 Å². The second-order valence-corrected chi connectivity index (χ2v) is 10.8. The van der Waals surface area contributed by atoms with Crippen LogP contribution >= 0.6 is 11.6 Å². The van der Waals surface area contributed by atoms with E-state index in [1.165, 1.54) is 6.07 Å². The molecule has 0 unspecified atom stereocenters. The third-order valence-electron chi connectivity index (χ3n) is 8.39. The number of carbonyl (C=O) groups is 4. The van der Waals surface area contributed by atoms with Gasteiger partial charge >= 0.3 is 0 Å². The first-order valence-electron chi connectivity index (χ1n) is 13.2. The highest BCUT2D eigenvalue weighted by Crippen LogP contribution is 2.61. The molecule has 8 rings (SSSR count). The molecule has 1 heterocycles. The van der Waals surface area contributed by atoms with Gasteiger partial charge in [-0.05, 0) is 34.4 Å². The lowest BCUT2D eigenvalue weighted by Crippen LogP contribution is -2.52. The molecule has 3 amide bonds. The van der Waals surface area contributed by atoms with Crippen molar-refractivity contribution in [3.63, 3.8) is 0 Å². The topological polar surface area (TPSA) is 74.8 Å². The molecule has 2 bridgehead atoms. The van der Waals surface area contributed by atoms with Crippen LogP contribution in [-0.2, 0) is 9.59 Å². The Balaban J connectivity index is 1.35. The Morgan fingerprint density at radius 1 is 0.650 bits per heavy atom. The zero-order valence-electron chi connectivity index (χ0n) is 21.2. The van der Waals surface area contributed by atoms with Gasteiger partial charge in [-0.2, -0.15) is 5.01 Å². The van der Waals surface area contributed by atoms with Crippen LogP contribution in [0.4, 0.5) is 0 Å². The van der Waals surface area contributed by atoms with E-state index < -0.39 is 41.9 Å². The van der Waals surface area contributed by atoms with Crippen LogP contribution in [-0.4, -0.2) is 40.1 Å². The molecule has 0 N–H and O–H groups in total. The van der Waals surface area contributed by atoms with E-state index in [4.69, 9.17) is 11.6 Å². The van der Waals surface area contributed by atoms with Crippen LogP contribution in [0.25, 0.3) is 0 Å². The third-order valence-corrected chi connectivity index (χ3v) is 8.72. The summed E-state index contributed by atoms with van der Waals surface area (Å²) in [7, 11) is 0. The number of Topliss-reactive ketones (excluding diaryl/α,β-unsaturated/α-hetero) is 1. The second-order valence-electron chi connectivity index (χ2n) is 10.4. The summed E-state index contributed by atoms with van der Waals surface area (Å²) < 4.78 is 0. The maximum atomic E-state index is 14.3. The van der Waals surface area contributed by atoms with Gasteiger partial charge in [0.05, 0.1) is 22.4 Å². The number of carbonyl (C=O) groups excluding carboxylic acids is 4. The van der Waals surface area contributed by atoms with Gasteiger partial charge in [0, 0.05) is 17.4 Å². The Hall–Kier alpha value is -4.55. The smallest absolute Gasteiger partial charge is 0.274 e. The van der Waals surface area contributed by atoms with Crippen LogP contribution in [0.15, 0.2) is 103 Å². The number of amides is 3. The summed E-state index contributed by atoms with van der Waals surface area (Å²) in [6, 6.07) is 30.8. The predicted molar refractivity (Wildman–Crippen MR) is 149 cm³/mol. The van der Waals surface area contributed by atoms with Gasteiger partial charge in [0.25, 0.3) is 17.7 Å². The fourth-order valence-corrected chi connectivity index (χ4v) is 6.97. The van der Waals surface area contributed by atoms with E-state index in [-0.39, 0.29) is 22.4 Å². The average Bonchev–Trinajstić information content (AvgIpc) is 3.26. The molecule has 4 aliphatic rings. The minimum Gasteiger partial charge on any atom is -0.292 e. The molecule has 1 saturated heterocycles. The normalized spacial score (nSPS) is 22.0. The highest BCUT2D eigenvalue weighted by molar-refractivity contribution is 6.34. The van der Waals surface area contributed by atoms with Crippen molar-refractivity contribution in [3.8, 4) is 0 Å². The van der Waals surface area contributed by atoms with Crippen molar-refractivity contribution in [2.75, 3.05) is 6.54 Å². The minimum absolute atomic E-state index is 0.107. The molecular formula is C33H23ClN2O4. The van der Waals surface area contributed by atoms with Crippen molar-refractivity contribution >= 4 is 35.1 Å². The SMILES string of the molecule is O=C(CN(C(=O)c1ccccc1Cl)N1C(=O)[C@H]2C3c4ccccc4C(c4ccccc43)[C@@H]2C1=O)c1ccccc1. The van der Waals surface area contributed by atoms with E-state index in [0.717, 1.165) is 32.3 Å². The predicted octanol–water partition coefficient (Wildman–Crippen LogP) is 5.47. The van der Waals surface area contributed by atoms with Gasteiger partial charge in [-0.15, -0.1) is 0 Å². The standard InChI is InChI=1S/C33H23ClN2O4/c34-25-17-9-8-16-24(25)31(38)35(18-26(37)19-10-2-1-3-11-19)36-32(39)29-27-20-12-4-5-13-21(20)28(30(29)33(36)40)23-15-7-6-14-22(23)27/h1-17,27-30H,18H2/t27?,28?,29-,30-/m0/s1. The monoisotopic (exact) mass is 546 g/mol. The third kappa shape index (κ3) is 3.49. The number of benzene rings is 4. The number of imide groups is 1. The van der Waals surface area contributed by atoms with E-state index >= 15 is 0 Å². The summed E-state index contributed by atoms with van der Waals surface area (Å²) in [6.45, 7) is -0.486. The highest BCUT2D eigenvalue weighted by atomic mass is 35.5. The van der Waals surface area contributed by atoms with Gasteiger partial charge in [0.15, 0.2) is 5.78 Å². The van der Waals surface area contributed by atoms with Crippen LogP contribution < -0.4 is 0 Å². The molecule has 3 aliphatic carbocycles. The Bertz CT molecular complexity index is 1600. The molecule has 0 saturated carbocycles. The number of ketones is 1. The summed E-state index contributed by atoms with van der Waals surface area (Å²) in [5.41, 5.74) is 4.59. The minimum atomic E-state index is -0.685. The lowest BCUT2D eigenvalue weighted by molar-refractivity contribution is -0.154. The Morgan fingerprint density at radius 2 is 1.10 bits per heavy atom. The van der Waals surface area contributed by atoms with Gasteiger partial charge in [-0.1, -0.05) is 103 Å². The average molecular weight is 547 g/mol. The molecule has 40 heavy (non-hydrogen) atoms. The first-order chi connectivity index (χ1) is 19.5. The van der Waals surface area contributed by atoms with Crippen molar-refractivity contribution in [2.45, 2.75) is 11.8 Å². The van der Waals surface area contributed by atoms with E-state index in [1.807, 2.05) is 48.5 Å². The van der Waals surface area contributed by atoms with Gasteiger partial charge in [-0.3, -0.25) is 19.2 Å². The Morgan fingerprint density at radius 3 is 1.60 bits per heavy atom. The summed E-state index contributed by atoms with van der Waals surface area (Å²) in [4.78, 5) is 56.0. The van der Waals surface area contributed by atoms with Crippen molar-refractivity contribution in [2.24, 2.45) is 11.8 Å². The maximum Gasteiger partial charge on any atom is 0.274 e. The molecule has 0 aromatic heterocycles. The number of hydrazine groups is 1. The zero-order valence-corrected chi connectivity index (χ0v) is 22.0. The summed E-state index contributed by atoms with van der Waals surface area (Å²) in [5, 5.41) is 2.09. The fourth-order valence-electron chi connectivity index (χ4n) is 6.76. The van der Waals surface area contributed by atoms with Crippen molar-refractivity contribution in [1.29, 1.82) is 0 Å². The van der Waals surface area contributed by atoms with Crippen LogP contribution in [0.2, 0.25) is 5.02 Å². The molecule has 0 radical (unpaired) electrons. The molecule has 4 aromatic rings. The highest BCUT2D eigenvalue weighted by Gasteiger charge is 2.63. The molecule has 1 aliphatic heterocycles. The van der Waals surface area contributed by atoms with Crippen LogP contribution in [0.3, 0.4) is 0 Å². The first-order valence-corrected chi connectivity index (χ1v) is 13.5. The lowest BCUT2D eigenvalue weighted by Gasteiger charge is -2.45. The summed E-state index contributed by atoms with van der Waals surface area (Å²) in [5.74, 6) is -4.06. The van der Waals surface area contributed by atoms with Crippen molar-refractivity contribution in [3.05, 3.63) is 142 Å². The van der Waals surface area contributed by atoms with Crippen molar-refractivity contribution < 1.29 is 19.2 Å². The molecule has 6 nitrogen and oxygen atoms in total. The van der Waals surface area contributed by atoms with Crippen molar-refractivity contribution in [1.82, 2.24) is 10.0 Å². The number of rotatable bonds is 5. The summed E-state index contributed by atoms with van der Waals surface area (Å²) >= 11 is 6.38. The van der Waals surface area contributed by atoms with E-state index in [1.54, 1.807) is 48.5 Å². The quantitative estimate of drug-likeness (QED) is 0.246. The molecular weight excluding hydrogens is 524 g/mol. The number of hydrogen-bond acceptors (Lipinski definition) is 4. The first kappa shape index (κ1) is 24.5. The molecule has 196 valence electrons. The summed E-state index contributed by atoms with van der Waals surface area (Å²) in [6.07, 6.45) is 0. The van der Waals surface area contributed by atoms with Gasteiger partial charge in [0.1, 0.15) is 6.54 Å².